The van der Waals surface area contributed by atoms with Gasteiger partial charge in [-0.05, 0) is 49.8 Å². The van der Waals surface area contributed by atoms with E-state index in [2.05, 4.69) is 49.8 Å². The largest absolute Gasteiger partial charge is 0.329 e. The molecule has 0 saturated heterocycles. The second-order valence-electron chi connectivity index (χ2n) is 7.46. The molecule has 0 aliphatic heterocycles. The first-order valence-corrected chi connectivity index (χ1v) is 7.68. The molecule has 0 aromatic carbocycles. The van der Waals surface area contributed by atoms with Gasteiger partial charge in [-0.25, -0.2) is 0 Å². The molecule has 1 aliphatic carbocycles. The molecule has 1 aromatic heterocycles. The van der Waals surface area contributed by atoms with Gasteiger partial charge in [-0.15, -0.1) is 0 Å². The van der Waals surface area contributed by atoms with E-state index in [9.17, 15) is 0 Å². The smallest absolute Gasteiger partial charge is 0.0544 e. The molecular weight excluding hydrogens is 246 g/mol. The zero-order valence-corrected chi connectivity index (χ0v) is 13.4. The van der Waals surface area contributed by atoms with Crippen molar-refractivity contribution < 1.29 is 0 Å². The quantitative estimate of drug-likeness (QED) is 0.918. The lowest BCUT2D eigenvalue weighted by Crippen LogP contribution is -2.57. The van der Waals surface area contributed by atoms with E-state index in [1.54, 1.807) is 0 Å². The third-order valence-corrected chi connectivity index (χ3v) is 4.75. The summed E-state index contributed by atoms with van der Waals surface area (Å²) in [6, 6.07) is 6.12. The molecule has 2 atom stereocenters. The van der Waals surface area contributed by atoms with Crippen molar-refractivity contribution in [3.05, 3.63) is 30.1 Å². The zero-order valence-electron chi connectivity index (χ0n) is 13.4. The maximum absolute atomic E-state index is 6.21. The number of rotatable bonds is 4. The average molecular weight is 275 g/mol. The molecule has 20 heavy (non-hydrogen) atoms. The van der Waals surface area contributed by atoms with Crippen LogP contribution in [0.1, 0.15) is 45.7 Å². The van der Waals surface area contributed by atoms with Crippen molar-refractivity contribution >= 4 is 0 Å². The minimum Gasteiger partial charge on any atom is -0.329 e. The van der Waals surface area contributed by atoms with Gasteiger partial charge in [-0.2, -0.15) is 0 Å². The number of pyridine rings is 1. The van der Waals surface area contributed by atoms with Crippen molar-refractivity contribution in [2.45, 2.75) is 52.1 Å². The Morgan fingerprint density at radius 2 is 2.10 bits per heavy atom. The highest BCUT2D eigenvalue weighted by Crippen LogP contribution is 2.46. The van der Waals surface area contributed by atoms with Crippen molar-refractivity contribution in [1.82, 2.24) is 9.88 Å². The summed E-state index contributed by atoms with van der Waals surface area (Å²) in [4.78, 5) is 6.89. The Hall–Kier alpha value is -0.930. The summed E-state index contributed by atoms with van der Waals surface area (Å²) in [6.45, 7) is 8.72. The molecule has 112 valence electrons. The van der Waals surface area contributed by atoms with Crippen LogP contribution in [0.3, 0.4) is 0 Å². The zero-order chi connectivity index (χ0) is 14.8. The highest BCUT2D eigenvalue weighted by atomic mass is 15.2. The molecule has 1 saturated carbocycles. The van der Waals surface area contributed by atoms with Crippen molar-refractivity contribution in [3.8, 4) is 0 Å². The highest BCUT2D eigenvalue weighted by molar-refractivity contribution is 5.06. The van der Waals surface area contributed by atoms with Crippen molar-refractivity contribution in [2.75, 3.05) is 13.6 Å². The lowest BCUT2D eigenvalue weighted by Gasteiger charge is -2.52. The van der Waals surface area contributed by atoms with Gasteiger partial charge in [0, 0.05) is 24.8 Å². The first-order valence-electron chi connectivity index (χ1n) is 7.68. The highest BCUT2D eigenvalue weighted by Gasteiger charge is 2.44. The van der Waals surface area contributed by atoms with Crippen molar-refractivity contribution in [2.24, 2.45) is 17.1 Å². The van der Waals surface area contributed by atoms with Gasteiger partial charge < -0.3 is 5.73 Å². The van der Waals surface area contributed by atoms with Crippen LogP contribution in [-0.4, -0.2) is 29.0 Å². The predicted molar refractivity (Wildman–Crippen MR) is 84.3 cm³/mol. The number of nitrogens with two attached hydrogens (primary N) is 1. The topological polar surface area (TPSA) is 42.1 Å². The third-order valence-electron chi connectivity index (χ3n) is 4.75. The molecule has 1 fully saturated rings. The third kappa shape index (κ3) is 3.39. The van der Waals surface area contributed by atoms with Crippen LogP contribution in [-0.2, 0) is 6.54 Å². The summed E-state index contributed by atoms with van der Waals surface area (Å²) >= 11 is 0. The Kier molecular flexibility index (Phi) is 4.50. The molecule has 1 aliphatic rings. The SMILES string of the molecule is CC1CC(C)(C)CC(CN)(N(C)Cc2ccccn2)C1. The number of nitrogens with zero attached hydrogens (tertiary/aromatic N) is 2. The minimum absolute atomic E-state index is 0.110. The lowest BCUT2D eigenvalue weighted by atomic mass is 9.63. The van der Waals surface area contributed by atoms with E-state index in [0.29, 0.717) is 5.41 Å². The summed E-state index contributed by atoms with van der Waals surface area (Å²) in [6.07, 6.45) is 5.53. The van der Waals surface area contributed by atoms with Crippen molar-refractivity contribution in [3.63, 3.8) is 0 Å². The van der Waals surface area contributed by atoms with Gasteiger partial charge in [0.1, 0.15) is 0 Å². The molecule has 3 heteroatoms. The Morgan fingerprint density at radius 3 is 2.65 bits per heavy atom. The van der Waals surface area contributed by atoms with Gasteiger partial charge in [0.15, 0.2) is 0 Å². The average Bonchev–Trinajstić information content (AvgIpc) is 2.37. The van der Waals surface area contributed by atoms with E-state index in [1.165, 1.54) is 19.3 Å². The van der Waals surface area contributed by atoms with Gasteiger partial charge in [0.25, 0.3) is 0 Å². The fourth-order valence-corrected chi connectivity index (χ4v) is 4.20. The van der Waals surface area contributed by atoms with Crippen LogP contribution in [0.25, 0.3) is 0 Å². The number of aromatic nitrogens is 1. The van der Waals surface area contributed by atoms with Crippen LogP contribution in [0.2, 0.25) is 0 Å². The molecule has 2 N–H and O–H groups in total. The van der Waals surface area contributed by atoms with E-state index in [4.69, 9.17) is 5.73 Å². The van der Waals surface area contributed by atoms with Gasteiger partial charge in [-0.1, -0.05) is 26.8 Å². The number of hydrogen-bond acceptors (Lipinski definition) is 3. The maximum atomic E-state index is 6.21. The molecule has 0 spiro atoms. The lowest BCUT2D eigenvalue weighted by molar-refractivity contribution is -0.00172. The van der Waals surface area contributed by atoms with Crippen LogP contribution in [0.5, 0.6) is 0 Å². The van der Waals surface area contributed by atoms with Crippen LogP contribution in [0.15, 0.2) is 24.4 Å². The molecule has 1 aromatic rings. The van der Waals surface area contributed by atoms with Crippen LogP contribution in [0.4, 0.5) is 0 Å². The van der Waals surface area contributed by atoms with Crippen molar-refractivity contribution in [1.29, 1.82) is 0 Å². The molecular formula is C17H29N3. The summed E-state index contributed by atoms with van der Waals surface area (Å²) in [5.74, 6) is 0.730. The molecule has 1 heterocycles. The maximum Gasteiger partial charge on any atom is 0.0544 e. The van der Waals surface area contributed by atoms with E-state index < -0.39 is 0 Å². The summed E-state index contributed by atoms with van der Waals surface area (Å²) in [5.41, 5.74) is 7.82. The van der Waals surface area contributed by atoms with Crippen LogP contribution < -0.4 is 5.73 Å². The summed E-state index contributed by atoms with van der Waals surface area (Å²) < 4.78 is 0. The Bertz CT molecular complexity index is 429. The summed E-state index contributed by atoms with van der Waals surface area (Å²) in [5, 5.41) is 0. The molecule has 0 amide bonds. The van der Waals surface area contributed by atoms with E-state index in [1.807, 2.05) is 12.3 Å². The second kappa shape index (κ2) is 5.82. The van der Waals surface area contributed by atoms with Gasteiger partial charge in [0.2, 0.25) is 0 Å². The van der Waals surface area contributed by atoms with Gasteiger partial charge >= 0.3 is 0 Å². The molecule has 2 unspecified atom stereocenters. The fourth-order valence-electron chi connectivity index (χ4n) is 4.20. The first kappa shape index (κ1) is 15.5. The predicted octanol–water partition coefficient (Wildman–Crippen LogP) is 3.06. The monoisotopic (exact) mass is 275 g/mol. The van der Waals surface area contributed by atoms with Crippen LogP contribution >= 0.6 is 0 Å². The number of likely N-dealkylation sites (N-methyl/N-ethyl adjacent to an activating group) is 1. The molecule has 0 radical (unpaired) electrons. The molecule has 0 bridgehead atoms. The van der Waals surface area contributed by atoms with E-state index in [0.717, 1.165) is 24.7 Å². The fraction of sp³-hybridized carbons (Fsp3) is 0.706. The summed E-state index contributed by atoms with van der Waals surface area (Å²) in [7, 11) is 2.20. The Labute approximate surface area is 123 Å². The van der Waals surface area contributed by atoms with Crippen LogP contribution in [0, 0.1) is 11.3 Å². The minimum atomic E-state index is 0.110. The Balaban J connectivity index is 2.17. The van der Waals surface area contributed by atoms with E-state index in [-0.39, 0.29) is 5.54 Å². The first-order chi connectivity index (χ1) is 9.37. The Morgan fingerprint density at radius 1 is 1.35 bits per heavy atom. The van der Waals surface area contributed by atoms with E-state index >= 15 is 0 Å². The normalized spacial score (nSPS) is 29.6. The van der Waals surface area contributed by atoms with Gasteiger partial charge in [-0.3, -0.25) is 9.88 Å². The standard InChI is InChI=1S/C17H29N3/c1-14-9-16(2,3)12-17(10-14,13-18)20(4)11-15-7-5-6-8-19-15/h5-8,14H,9-13,18H2,1-4H3. The second-order valence-corrected chi connectivity index (χ2v) is 7.46. The molecule has 2 rings (SSSR count). The molecule has 3 nitrogen and oxygen atoms in total. The number of hydrogen-bond donors (Lipinski definition) is 1. The van der Waals surface area contributed by atoms with Gasteiger partial charge in [0.05, 0.1) is 5.69 Å².